The maximum atomic E-state index is 11.7. The third kappa shape index (κ3) is 3.76. The fraction of sp³-hybridized carbons (Fsp3) is 1.00. The first-order valence-electron chi connectivity index (χ1n) is 8.42. The summed E-state index contributed by atoms with van der Waals surface area (Å²) in [5.74, 6) is 2.45. The van der Waals surface area contributed by atoms with Gasteiger partial charge in [0.25, 0.3) is 0 Å². The summed E-state index contributed by atoms with van der Waals surface area (Å²) >= 11 is 0. The van der Waals surface area contributed by atoms with Crippen molar-refractivity contribution in [2.75, 3.05) is 24.6 Å². The summed E-state index contributed by atoms with van der Waals surface area (Å²) in [5, 5.41) is 3.61. The summed E-state index contributed by atoms with van der Waals surface area (Å²) in [6.07, 6.45) is 8.65. The van der Waals surface area contributed by atoms with Gasteiger partial charge in [-0.05, 0) is 62.3 Å². The maximum absolute atomic E-state index is 11.7. The number of sulfone groups is 1. The standard InChI is InChI=1S/C16H31NO2S/c1-3-9-17-13-16(8-5-10-20(18,19)4-2)12-14-6-7-15(16)11-14/h14-15,17H,3-13H2,1-2H3. The molecule has 2 bridgehead atoms. The van der Waals surface area contributed by atoms with Crippen molar-refractivity contribution in [2.24, 2.45) is 17.3 Å². The molecule has 3 nitrogen and oxygen atoms in total. The van der Waals surface area contributed by atoms with Gasteiger partial charge in [0.2, 0.25) is 0 Å². The molecule has 0 saturated heterocycles. The quantitative estimate of drug-likeness (QED) is 0.666. The van der Waals surface area contributed by atoms with Gasteiger partial charge in [-0.25, -0.2) is 8.42 Å². The van der Waals surface area contributed by atoms with Crippen molar-refractivity contribution in [3.63, 3.8) is 0 Å². The molecule has 2 rings (SSSR count). The fourth-order valence-electron chi connectivity index (χ4n) is 4.47. The molecule has 0 spiro atoms. The van der Waals surface area contributed by atoms with Gasteiger partial charge in [-0.3, -0.25) is 0 Å². The first-order valence-corrected chi connectivity index (χ1v) is 10.2. The minimum atomic E-state index is -2.80. The second-order valence-electron chi connectivity index (χ2n) is 6.96. The SMILES string of the molecule is CCCNCC1(CCCS(=O)(=O)CC)CC2CCC1C2. The highest BCUT2D eigenvalue weighted by atomic mass is 32.2. The smallest absolute Gasteiger partial charge is 0.150 e. The van der Waals surface area contributed by atoms with Crippen LogP contribution >= 0.6 is 0 Å². The monoisotopic (exact) mass is 301 g/mol. The molecule has 20 heavy (non-hydrogen) atoms. The van der Waals surface area contributed by atoms with Crippen LogP contribution in [0.2, 0.25) is 0 Å². The van der Waals surface area contributed by atoms with Gasteiger partial charge in [-0.2, -0.15) is 0 Å². The van der Waals surface area contributed by atoms with E-state index in [-0.39, 0.29) is 0 Å². The summed E-state index contributed by atoms with van der Waals surface area (Å²) in [6.45, 7) is 6.15. The number of hydrogen-bond donors (Lipinski definition) is 1. The van der Waals surface area contributed by atoms with Gasteiger partial charge in [0.15, 0.2) is 0 Å². The van der Waals surface area contributed by atoms with E-state index in [1.54, 1.807) is 6.92 Å². The van der Waals surface area contributed by atoms with Crippen LogP contribution in [0.1, 0.15) is 58.8 Å². The molecular formula is C16H31NO2S. The van der Waals surface area contributed by atoms with Crippen LogP contribution in [0, 0.1) is 17.3 Å². The Kier molecular flexibility index (Phi) is 5.52. The van der Waals surface area contributed by atoms with Crippen LogP contribution in [0.15, 0.2) is 0 Å². The molecule has 3 atom stereocenters. The summed E-state index contributed by atoms with van der Waals surface area (Å²) < 4.78 is 23.4. The molecule has 0 aromatic heterocycles. The second kappa shape index (κ2) is 6.78. The fourth-order valence-corrected chi connectivity index (χ4v) is 5.34. The molecule has 0 aromatic carbocycles. The van der Waals surface area contributed by atoms with Gasteiger partial charge >= 0.3 is 0 Å². The van der Waals surface area contributed by atoms with Gasteiger partial charge < -0.3 is 5.32 Å². The second-order valence-corrected chi connectivity index (χ2v) is 9.43. The van der Waals surface area contributed by atoms with Crippen molar-refractivity contribution in [3.05, 3.63) is 0 Å². The lowest BCUT2D eigenvalue weighted by Crippen LogP contribution is -2.39. The number of hydrogen-bond acceptors (Lipinski definition) is 3. The minimum absolute atomic E-state index is 0.292. The molecular weight excluding hydrogens is 270 g/mol. The average Bonchev–Trinajstić information content (AvgIpc) is 3.00. The Morgan fingerprint density at radius 1 is 1.25 bits per heavy atom. The topological polar surface area (TPSA) is 46.2 Å². The van der Waals surface area contributed by atoms with Gasteiger partial charge in [0, 0.05) is 12.3 Å². The van der Waals surface area contributed by atoms with Crippen LogP contribution in [-0.2, 0) is 9.84 Å². The Labute approximate surface area is 124 Å². The van der Waals surface area contributed by atoms with Crippen molar-refractivity contribution in [1.29, 1.82) is 0 Å². The molecule has 2 saturated carbocycles. The van der Waals surface area contributed by atoms with Crippen LogP contribution in [0.5, 0.6) is 0 Å². The molecule has 1 N–H and O–H groups in total. The third-order valence-corrected chi connectivity index (χ3v) is 7.37. The lowest BCUT2D eigenvalue weighted by molar-refractivity contribution is 0.142. The van der Waals surface area contributed by atoms with E-state index >= 15 is 0 Å². The van der Waals surface area contributed by atoms with Crippen molar-refractivity contribution in [3.8, 4) is 0 Å². The van der Waals surface area contributed by atoms with E-state index in [4.69, 9.17) is 0 Å². The van der Waals surface area contributed by atoms with E-state index in [9.17, 15) is 8.42 Å². The van der Waals surface area contributed by atoms with Gasteiger partial charge in [0.05, 0.1) is 5.75 Å². The molecule has 4 heteroatoms. The van der Waals surface area contributed by atoms with Crippen molar-refractivity contribution in [1.82, 2.24) is 5.32 Å². The molecule has 2 aliphatic carbocycles. The van der Waals surface area contributed by atoms with E-state index < -0.39 is 9.84 Å². The third-order valence-electron chi connectivity index (χ3n) is 5.58. The van der Waals surface area contributed by atoms with E-state index in [0.29, 0.717) is 16.9 Å². The first kappa shape index (κ1) is 16.3. The highest BCUT2D eigenvalue weighted by molar-refractivity contribution is 7.91. The Bertz CT molecular complexity index is 407. The van der Waals surface area contributed by atoms with Gasteiger partial charge in [-0.1, -0.05) is 20.3 Å². The predicted molar refractivity (Wildman–Crippen MR) is 84.6 cm³/mol. The van der Waals surface area contributed by atoms with Crippen molar-refractivity contribution >= 4 is 9.84 Å². The summed E-state index contributed by atoms with van der Waals surface area (Å²) in [6, 6.07) is 0. The number of rotatable bonds is 9. The molecule has 118 valence electrons. The van der Waals surface area contributed by atoms with E-state index in [1.807, 2.05) is 0 Å². The zero-order valence-electron chi connectivity index (χ0n) is 13.2. The number of nitrogens with one attached hydrogen (secondary N) is 1. The van der Waals surface area contributed by atoms with Crippen LogP contribution in [0.4, 0.5) is 0 Å². The highest BCUT2D eigenvalue weighted by Crippen LogP contribution is 2.57. The molecule has 3 unspecified atom stereocenters. The summed E-state index contributed by atoms with van der Waals surface area (Å²) in [7, 11) is -2.80. The Morgan fingerprint density at radius 3 is 2.60 bits per heavy atom. The minimum Gasteiger partial charge on any atom is -0.316 e. The molecule has 0 aliphatic heterocycles. The van der Waals surface area contributed by atoms with Crippen LogP contribution in [0.3, 0.4) is 0 Å². The Balaban J connectivity index is 1.90. The zero-order chi connectivity index (χ0) is 14.6. The maximum Gasteiger partial charge on any atom is 0.150 e. The van der Waals surface area contributed by atoms with E-state index in [1.165, 1.54) is 32.1 Å². The molecule has 2 fully saturated rings. The Morgan fingerprint density at radius 2 is 2.05 bits per heavy atom. The largest absolute Gasteiger partial charge is 0.316 e. The molecule has 0 radical (unpaired) electrons. The van der Waals surface area contributed by atoms with Crippen molar-refractivity contribution in [2.45, 2.75) is 58.8 Å². The van der Waals surface area contributed by atoms with Crippen molar-refractivity contribution < 1.29 is 8.42 Å². The lowest BCUT2D eigenvalue weighted by atomic mass is 9.70. The van der Waals surface area contributed by atoms with Crippen LogP contribution < -0.4 is 5.32 Å². The van der Waals surface area contributed by atoms with E-state index in [0.717, 1.165) is 37.8 Å². The summed E-state index contributed by atoms with van der Waals surface area (Å²) in [5.41, 5.74) is 0.404. The number of fused-ring (bicyclic) bond motifs is 2. The zero-order valence-corrected chi connectivity index (χ0v) is 14.0. The van der Waals surface area contributed by atoms with Crippen LogP contribution in [-0.4, -0.2) is 33.0 Å². The first-order chi connectivity index (χ1) is 9.51. The summed E-state index contributed by atoms with van der Waals surface area (Å²) in [4.78, 5) is 0. The predicted octanol–water partition coefficient (Wildman–Crippen LogP) is 3.01. The molecule has 2 aliphatic rings. The van der Waals surface area contributed by atoms with Gasteiger partial charge in [0.1, 0.15) is 9.84 Å². The average molecular weight is 301 g/mol. The lowest BCUT2D eigenvalue weighted by Gasteiger charge is -2.38. The Hall–Kier alpha value is -0.0900. The molecule has 0 heterocycles. The highest BCUT2D eigenvalue weighted by Gasteiger charge is 2.49. The van der Waals surface area contributed by atoms with Gasteiger partial charge in [-0.15, -0.1) is 0 Å². The molecule has 0 aromatic rings. The van der Waals surface area contributed by atoms with Crippen LogP contribution in [0.25, 0.3) is 0 Å². The molecule has 0 amide bonds. The normalized spacial score (nSPS) is 32.9. The van der Waals surface area contributed by atoms with E-state index in [2.05, 4.69) is 12.2 Å².